The van der Waals surface area contributed by atoms with Crippen LogP contribution in [0, 0.1) is 0 Å². The number of fused-ring (bicyclic) bond motifs is 1. The summed E-state index contributed by atoms with van der Waals surface area (Å²) in [4.78, 5) is 40.9. The van der Waals surface area contributed by atoms with Crippen molar-refractivity contribution in [1.82, 2.24) is 10.2 Å². The van der Waals surface area contributed by atoms with Gasteiger partial charge in [-0.25, -0.2) is 9.79 Å². The number of benzene rings is 1. The summed E-state index contributed by atoms with van der Waals surface area (Å²) in [7, 11) is 0. The number of carbonyl (C=O) groups excluding carboxylic acids is 2. The van der Waals surface area contributed by atoms with Gasteiger partial charge in [-0.15, -0.1) is 0 Å². The van der Waals surface area contributed by atoms with E-state index >= 15 is 0 Å². The van der Waals surface area contributed by atoms with Crippen molar-refractivity contribution in [2.75, 3.05) is 13.1 Å². The third kappa shape index (κ3) is 5.16. The third-order valence-electron chi connectivity index (χ3n) is 3.59. The van der Waals surface area contributed by atoms with Crippen molar-refractivity contribution in [3.8, 4) is 0 Å². The van der Waals surface area contributed by atoms with E-state index in [1.165, 1.54) is 4.90 Å². The molecule has 0 bridgehead atoms. The molecule has 8 nitrogen and oxygen atoms in total. The standard InChI is InChI=1S/C17H19BrN4O4/c1-2-5-22(9-14(19)23)16(24)11-6-10-3-4-12(18)8-13(10)20-15(7-11)21-17(25)26/h3-4,6,8H,2,5,7,9H2,1H3,(H2,19,23)(H,20,21)(H,25,26). The van der Waals surface area contributed by atoms with E-state index in [9.17, 15) is 14.4 Å². The molecule has 9 heteroatoms. The minimum Gasteiger partial charge on any atom is -0.465 e. The Hall–Kier alpha value is -2.68. The maximum absolute atomic E-state index is 12.9. The summed E-state index contributed by atoms with van der Waals surface area (Å²) in [6.45, 7) is 2.05. The average Bonchev–Trinajstić information content (AvgIpc) is 2.71. The van der Waals surface area contributed by atoms with Gasteiger partial charge in [-0.1, -0.05) is 28.9 Å². The second-order valence-corrected chi connectivity index (χ2v) is 6.65. The fourth-order valence-electron chi connectivity index (χ4n) is 2.59. The summed E-state index contributed by atoms with van der Waals surface area (Å²) < 4.78 is 0.777. The molecule has 138 valence electrons. The average molecular weight is 423 g/mol. The molecule has 1 aliphatic heterocycles. The number of primary amides is 1. The number of nitrogens with one attached hydrogen (secondary N) is 1. The Balaban J connectivity index is 2.44. The lowest BCUT2D eigenvalue weighted by molar-refractivity contribution is -0.132. The van der Waals surface area contributed by atoms with Gasteiger partial charge in [0.15, 0.2) is 0 Å². The van der Waals surface area contributed by atoms with Crippen LogP contribution in [0.25, 0.3) is 6.08 Å². The quantitative estimate of drug-likeness (QED) is 0.672. The number of amides is 3. The van der Waals surface area contributed by atoms with Crippen molar-refractivity contribution in [3.63, 3.8) is 0 Å². The maximum atomic E-state index is 12.9. The van der Waals surface area contributed by atoms with E-state index in [4.69, 9.17) is 10.8 Å². The van der Waals surface area contributed by atoms with Gasteiger partial charge in [-0.2, -0.15) is 0 Å². The number of carbonyl (C=O) groups is 3. The first-order valence-electron chi connectivity index (χ1n) is 7.95. The molecule has 0 saturated heterocycles. The molecule has 0 aromatic heterocycles. The SMILES string of the molecule is CCCN(CC(N)=O)C(=O)C1=Cc2ccc(Br)cc2N=C(NC(=O)O)C1. The molecular weight excluding hydrogens is 404 g/mol. The van der Waals surface area contributed by atoms with Crippen LogP contribution < -0.4 is 11.1 Å². The van der Waals surface area contributed by atoms with E-state index in [0.717, 1.165) is 4.47 Å². The second kappa shape index (κ2) is 8.61. The van der Waals surface area contributed by atoms with Crippen molar-refractivity contribution in [3.05, 3.63) is 33.8 Å². The van der Waals surface area contributed by atoms with Gasteiger partial charge < -0.3 is 15.7 Å². The zero-order valence-corrected chi connectivity index (χ0v) is 15.7. The Morgan fingerprint density at radius 2 is 2.12 bits per heavy atom. The first kappa shape index (κ1) is 19.6. The zero-order chi connectivity index (χ0) is 19.3. The van der Waals surface area contributed by atoms with Gasteiger partial charge in [0.25, 0.3) is 5.91 Å². The molecular formula is C17H19BrN4O4. The topological polar surface area (TPSA) is 125 Å². The molecule has 1 heterocycles. The third-order valence-corrected chi connectivity index (χ3v) is 4.08. The van der Waals surface area contributed by atoms with E-state index in [2.05, 4.69) is 26.2 Å². The molecule has 1 aliphatic rings. The van der Waals surface area contributed by atoms with Crippen LogP contribution in [0.2, 0.25) is 0 Å². The lowest BCUT2D eigenvalue weighted by Crippen LogP contribution is -2.40. The molecule has 0 aliphatic carbocycles. The minimum atomic E-state index is -1.27. The molecule has 0 saturated carbocycles. The number of nitrogens with zero attached hydrogens (tertiary/aromatic N) is 2. The summed E-state index contributed by atoms with van der Waals surface area (Å²) in [6, 6.07) is 5.31. The number of halogens is 1. The number of carboxylic acid groups (broad SMARTS) is 1. The van der Waals surface area contributed by atoms with Crippen LogP contribution in [0.15, 0.2) is 33.2 Å². The predicted molar refractivity (Wildman–Crippen MR) is 101 cm³/mol. The molecule has 0 atom stereocenters. The fraction of sp³-hybridized carbons (Fsp3) is 0.294. The Bertz CT molecular complexity index is 804. The number of hydrogen-bond donors (Lipinski definition) is 3. The largest absolute Gasteiger partial charge is 0.465 e. The van der Waals surface area contributed by atoms with Gasteiger partial charge in [0.1, 0.15) is 5.84 Å². The van der Waals surface area contributed by atoms with Crippen LogP contribution in [0.4, 0.5) is 10.5 Å². The predicted octanol–water partition coefficient (Wildman–Crippen LogP) is 2.26. The highest BCUT2D eigenvalue weighted by Crippen LogP contribution is 2.30. The Kier molecular flexibility index (Phi) is 6.51. The summed E-state index contributed by atoms with van der Waals surface area (Å²) in [5.74, 6) is -0.853. The van der Waals surface area contributed by atoms with E-state index < -0.39 is 12.0 Å². The van der Waals surface area contributed by atoms with Crippen LogP contribution in [0.5, 0.6) is 0 Å². The number of hydrogen-bond acceptors (Lipinski definition) is 4. The Morgan fingerprint density at radius 1 is 1.38 bits per heavy atom. The number of rotatable bonds is 5. The first-order chi connectivity index (χ1) is 12.3. The minimum absolute atomic E-state index is 0.00356. The summed E-state index contributed by atoms with van der Waals surface area (Å²) >= 11 is 3.35. The normalized spacial score (nSPS) is 13.0. The molecule has 4 N–H and O–H groups in total. The molecule has 3 amide bonds. The molecule has 1 aromatic rings. The van der Waals surface area contributed by atoms with Gasteiger partial charge in [-0.3, -0.25) is 14.9 Å². The van der Waals surface area contributed by atoms with Gasteiger partial charge in [0, 0.05) is 28.6 Å². The van der Waals surface area contributed by atoms with E-state index in [-0.39, 0.29) is 24.7 Å². The lowest BCUT2D eigenvalue weighted by atomic mass is 10.1. The summed E-state index contributed by atoms with van der Waals surface area (Å²) in [5, 5.41) is 11.2. The summed E-state index contributed by atoms with van der Waals surface area (Å²) in [6.07, 6.45) is 1.05. The van der Waals surface area contributed by atoms with Crippen LogP contribution >= 0.6 is 15.9 Å². The van der Waals surface area contributed by atoms with Crippen LogP contribution in [-0.2, 0) is 9.59 Å². The zero-order valence-electron chi connectivity index (χ0n) is 14.2. The molecule has 2 rings (SSSR count). The van der Waals surface area contributed by atoms with Crippen molar-refractivity contribution in [1.29, 1.82) is 0 Å². The van der Waals surface area contributed by atoms with Crippen LogP contribution in [-0.4, -0.2) is 46.8 Å². The monoisotopic (exact) mass is 422 g/mol. The second-order valence-electron chi connectivity index (χ2n) is 5.73. The molecule has 0 spiro atoms. The molecule has 0 fully saturated rings. The number of nitrogens with two attached hydrogens (primary N) is 1. The van der Waals surface area contributed by atoms with E-state index in [0.29, 0.717) is 29.8 Å². The van der Waals surface area contributed by atoms with Crippen molar-refractivity contribution in [2.24, 2.45) is 10.7 Å². The Labute approximate surface area is 158 Å². The maximum Gasteiger partial charge on any atom is 0.410 e. The van der Waals surface area contributed by atoms with Gasteiger partial charge in [-0.05, 0) is 24.6 Å². The van der Waals surface area contributed by atoms with Gasteiger partial charge >= 0.3 is 6.09 Å². The van der Waals surface area contributed by atoms with Gasteiger partial charge in [0.05, 0.1) is 12.2 Å². The first-order valence-corrected chi connectivity index (χ1v) is 8.74. The lowest BCUT2D eigenvalue weighted by Gasteiger charge is -2.22. The summed E-state index contributed by atoms with van der Waals surface area (Å²) in [5.41, 5.74) is 6.77. The van der Waals surface area contributed by atoms with E-state index in [1.807, 2.05) is 6.92 Å². The van der Waals surface area contributed by atoms with Crippen LogP contribution in [0.3, 0.4) is 0 Å². The number of aliphatic imine (C=N–C) groups is 1. The highest BCUT2D eigenvalue weighted by atomic mass is 79.9. The molecule has 26 heavy (non-hydrogen) atoms. The number of amidine groups is 1. The van der Waals surface area contributed by atoms with E-state index in [1.54, 1.807) is 24.3 Å². The highest BCUT2D eigenvalue weighted by Gasteiger charge is 2.23. The highest BCUT2D eigenvalue weighted by molar-refractivity contribution is 9.10. The van der Waals surface area contributed by atoms with Crippen molar-refractivity contribution >= 4 is 51.4 Å². The fourth-order valence-corrected chi connectivity index (χ4v) is 2.94. The van der Waals surface area contributed by atoms with Crippen LogP contribution in [0.1, 0.15) is 25.3 Å². The smallest absolute Gasteiger partial charge is 0.410 e. The molecule has 1 aromatic carbocycles. The van der Waals surface area contributed by atoms with Crippen molar-refractivity contribution < 1.29 is 19.5 Å². The van der Waals surface area contributed by atoms with Crippen molar-refractivity contribution in [2.45, 2.75) is 19.8 Å². The van der Waals surface area contributed by atoms with Gasteiger partial charge in [0.2, 0.25) is 5.91 Å². The Morgan fingerprint density at radius 3 is 2.73 bits per heavy atom. The molecule has 0 radical (unpaired) electrons. The molecule has 0 unspecified atom stereocenters.